The summed E-state index contributed by atoms with van der Waals surface area (Å²) in [5, 5.41) is 9.17. The van der Waals surface area contributed by atoms with Crippen LogP contribution in [0.25, 0.3) is 0 Å². The summed E-state index contributed by atoms with van der Waals surface area (Å²) in [5.41, 5.74) is 1.99. The minimum absolute atomic E-state index is 0.132. The van der Waals surface area contributed by atoms with Crippen molar-refractivity contribution in [3.05, 3.63) is 101 Å². The molecule has 3 aromatic carbocycles. The molecule has 38 heavy (non-hydrogen) atoms. The molecule has 8 nitrogen and oxygen atoms in total. The second-order valence-electron chi connectivity index (χ2n) is 10.3. The summed E-state index contributed by atoms with van der Waals surface area (Å²) >= 11 is 0. The van der Waals surface area contributed by atoms with E-state index in [2.05, 4.69) is 0 Å². The number of carboxylic acids is 1. The summed E-state index contributed by atoms with van der Waals surface area (Å²) in [7, 11) is 0. The Labute approximate surface area is 222 Å². The van der Waals surface area contributed by atoms with E-state index in [9.17, 15) is 14.4 Å². The fourth-order valence-electron chi connectivity index (χ4n) is 4.02. The fourth-order valence-corrected chi connectivity index (χ4v) is 4.02. The Hall–Kier alpha value is -4.33. The van der Waals surface area contributed by atoms with Gasteiger partial charge in [-0.05, 0) is 68.3 Å². The van der Waals surface area contributed by atoms with E-state index < -0.39 is 11.6 Å². The van der Waals surface area contributed by atoms with E-state index in [1.165, 1.54) is 0 Å². The van der Waals surface area contributed by atoms with Gasteiger partial charge in [0.05, 0.1) is 18.7 Å². The zero-order chi connectivity index (χ0) is 27.3. The van der Waals surface area contributed by atoms with Gasteiger partial charge in [-0.25, -0.2) is 9.59 Å². The van der Waals surface area contributed by atoms with Gasteiger partial charge in [-0.15, -0.1) is 0 Å². The number of amides is 2. The van der Waals surface area contributed by atoms with Crippen molar-refractivity contribution in [2.75, 3.05) is 13.1 Å². The lowest BCUT2D eigenvalue weighted by Crippen LogP contribution is -2.57. The molecule has 0 radical (unpaired) electrons. The first-order valence-electron chi connectivity index (χ1n) is 12.5. The normalized spacial score (nSPS) is 13.4. The van der Waals surface area contributed by atoms with Crippen LogP contribution in [-0.2, 0) is 17.8 Å². The Kier molecular flexibility index (Phi) is 8.00. The molecule has 0 aliphatic carbocycles. The van der Waals surface area contributed by atoms with Crippen molar-refractivity contribution in [3.8, 4) is 5.75 Å². The number of benzene rings is 3. The molecule has 3 aromatic rings. The maximum atomic E-state index is 13.5. The van der Waals surface area contributed by atoms with Crippen molar-refractivity contribution in [1.82, 2.24) is 9.80 Å². The maximum absolute atomic E-state index is 13.5. The largest absolute Gasteiger partial charge is 0.487 e. The Bertz CT molecular complexity index is 1260. The molecule has 0 unspecified atom stereocenters. The van der Waals surface area contributed by atoms with Crippen LogP contribution in [-0.4, -0.2) is 57.7 Å². The number of nitrogens with zero attached hydrogens (tertiary/aromatic N) is 2. The Balaban J connectivity index is 1.40. The van der Waals surface area contributed by atoms with Crippen LogP contribution < -0.4 is 4.74 Å². The molecule has 0 aromatic heterocycles. The topological polar surface area (TPSA) is 96.4 Å². The van der Waals surface area contributed by atoms with Crippen molar-refractivity contribution in [2.24, 2.45) is 0 Å². The number of ether oxygens (including phenoxy) is 2. The van der Waals surface area contributed by atoms with E-state index in [4.69, 9.17) is 14.6 Å². The van der Waals surface area contributed by atoms with Gasteiger partial charge in [0, 0.05) is 18.7 Å². The van der Waals surface area contributed by atoms with E-state index >= 15 is 0 Å². The molecular weight excluding hydrogens is 484 g/mol. The first kappa shape index (κ1) is 26.7. The molecule has 0 saturated carbocycles. The molecule has 1 fully saturated rings. The predicted octanol–water partition coefficient (Wildman–Crippen LogP) is 5.23. The quantitative estimate of drug-likeness (QED) is 0.441. The van der Waals surface area contributed by atoms with Gasteiger partial charge < -0.3 is 24.4 Å². The minimum Gasteiger partial charge on any atom is -0.487 e. The zero-order valence-electron chi connectivity index (χ0n) is 21.8. The highest BCUT2D eigenvalue weighted by Gasteiger charge is 2.35. The van der Waals surface area contributed by atoms with Crippen LogP contribution in [0.4, 0.5) is 4.79 Å². The molecule has 2 amide bonds. The molecule has 1 aliphatic rings. The molecule has 4 rings (SSSR count). The first-order chi connectivity index (χ1) is 18.1. The summed E-state index contributed by atoms with van der Waals surface area (Å²) in [6, 6.07) is 23.2. The number of rotatable bonds is 8. The van der Waals surface area contributed by atoms with Gasteiger partial charge in [0.15, 0.2) is 0 Å². The van der Waals surface area contributed by atoms with Crippen molar-refractivity contribution < 1.29 is 29.0 Å². The SMILES string of the molecule is CC(C)(C)OC(=O)N1CC(Oc2ccc(C(=O)N(Cc3ccccc3)Cc3ccc(C(=O)O)cc3)cc2)C1. The predicted molar refractivity (Wildman–Crippen MR) is 142 cm³/mol. The number of hydrogen-bond donors (Lipinski definition) is 1. The Morgan fingerprint density at radius 3 is 1.95 bits per heavy atom. The smallest absolute Gasteiger partial charge is 0.410 e. The molecule has 1 N–H and O–H groups in total. The summed E-state index contributed by atoms with van der Waals surface area (Å²) in [5.74, 6) is -0.521. The third-order valence-electron chi connectivity index (χ3n) is 5.98. The molecule has 198 valence electrons. The monoisotopic (exact) mass is 516 g/mol. The highest BCUT2D eigenvalue weighted by atomic mass is 16.6. The van der Waals surface area contributed by atoms with Gasteiger partial charge >= 0.3 is 12.1 Å². The van der Waals surface area contributed by atoms with Crippen LogP contribution in [0.2, 0.25) is 0 Å². The number of hydrogen-bond acceptors (Lipinski definition) is 5. The average Bonchev–Trinajstić information content (AvgIpc) is 2.85. The third-order valence-corrected chi connectivity index (χ3v) is 5.98. The summed E-state index contributed by atoms with van der Waals surface area (Å²) in [6.45, 7) is 7.12. The van der Waals surface area contributed by atoms with E-state index in [1.54, 1.807) is 58.3 Å². The number of likely N-dealkylation sites (tertiary alicyclic amines) is 1. The van der Waals surface area contributed by atoms with E-state index in [0.29, 0.717) is 37.5 Å². The zero-order valence-corrected chi connectivity index (χ0v) is 21.8. The van der Waals surface area contributed by atoms with Crippen LogP contribution in [0.3, 0.4) is 0 Å². The number of aromatic carboxylic acids is 1. The second kappa shape index (κ2) is 11.4. The average molecular weight is 517 g/mol. The molecule has 0 atom stereocenters. The minimum atomic E-state index is -0.990. The lowest BCUT2D eigenvalue weighted by molar-refractivity contribution is -0.0221. The van der Waals surface area contributed by atoms with Gasteiger partial charge in [-0.2, -0.15) is 0 Å². The molecular formula is C30H32N2O6. The Morgan fingerprint density at radius 1 is 0.842 bits per heavy atom. The van der Waals surface area contributed by atoms with E-state index in [-0.39, 0.29) is 23.7 Å². The van der Waals surface area contributed by atoms with E-state index in [0.717, 1.165) is 11.1 Å². The molecule has 0 bridgehead atoms. The number of carbonyl (C=O) groups is 3. The Morgan fingerprint density at radius 2 is 1.39 bits per heavy atom. The van der Waals surface area contributed by atoms with Crippen molar-refractivity contribution in [3.63, 3.8) is 0 Å². The molecule has 1 heterocycles. The highest BCUT2D eigenvalue weighted by molar-refractivity contribution is 5.94. The van der Waals surface area contributed by atoms with E-state index in [1.807, 2.05) is 51.1 Å². The third kappa shape index (κ3) is 7.12. The summed E-state index contributed by atoms with van der Waals surface area (Å²) in [6.07, 6.45) is -0.484. The van der Waals surface area contributed by atoms with Crippen LogP contribution in [0.1, 0.15) is 52.6 Å². The summed E-state index contributed by atoms with van der Waals surface area (Å²) in [4.78, 5) is 40.1. The van der Waals surface area contributed by atoms with Gasteiger partial charge in [0.25, 0.3) is 5.91 Å². The van der Waals surface area contributed by atoms with Crippen LogP contribution in [0.5, 0.6) is 5.75 Å². The van der Waals surface area contributed by atoms with Gasteiger partial charge in [0.2, 0.25) is 0 Å². The molecule has 1 aliphatic heterocycles. The number of carbonyl (C=O) groups excluding carboxylic acids is 2. The standard InChI is InChI=1S/C30H32N2O6/c1-30(2,3)38-29(36)32-19-26(20-32)37-25-15-13-23(14-16-25)27(33)31(17-21-7-5-4-6-8-21)18-22-9-11-24(12-10-22)28(34)35/h4-16,26H,17-20H2,1-3H3,(H,34,35). The van der Waals surface area contributed by atoms with Gasteiger partial charge in [0.1, 0.15) is 17.5 Å². The maximum Gasteiger partial charge on any atom is 0.410 e. The molecule has 0 spiro atoms. The van der Waals surface area contributed by atoms with Crippen LogP contribution >= 0.6 is 0 Å². The molecule has 1 saturated heterocycles. The van der Waals surface area contributed by atoms with Crippen molar-refractivity contribution in [1.29, 1.82) is 0 Å². The van der Waals surface area contributed by atoms with Gasteiger partial charge in [-0.3, -0.25) is 4.79 Å². The van der Waals surface area contributed by atoms with Crippen molar-refractivity contribution >= 4 is 18.0 Å². The fraction of sp³-hybridized carbons (Fsp3) is 0.300. The first-order valence-corrected chi connectivity index (χ1v) is 12.5. The molecule has 8 heteroatoms. The summed E-state index contributed by atoms with van der Waals surface area (Å²) < 4.78 is 11.3. The number of carboxylic acid groups (broad SMARTS) is 1. The van der Waals surface area contributed by atoms with Crippen molar-refractivity contribution in [2.45, 2.75) is 45.6 Å². The van der Waals surface area contributed by atoms with Gasteiger partial charge in [-0.1, -0.05) is 42.5 Å². The van der Waals surface area contributed by atoms with Crippen LogP contribution in [0.15, 0.2) is 78.9 Å². The lowest BCUT2D eigenvalue weighted by Gasteiger charge is -2.39. The lowest BCUT2D eigenvalue weighted by atomic mass is 10.1. The second-order valence-corrected chi connectivity index (χ2v) is 10.3. The highest BCUT2D eigenvalue weighted by Crippen LogP contribution is 2.22. The van der Waals surface area contributed by atoms with Crippen LogP contribution in [0, 0.1) is 0 Å².